The van der Waals surface area contributed by atoms with Crippen LogP contribution in [0.3, 0.4) is 0 Å². The zero-order chi connectivity index (χ0) is 12.1. The van der Waals surface area contributed by atoms with E-state index < -0.39 is 0 Å². The Morgan fingerprint density at radius 1 is 1.29 bits per heavy atom. The van der Waals surface area contributed by atoms with Gasteiger partial charge in [0.15, 0.2) is 0 Å². The molecular weight excluding hydrogens is 216 g/mol. The van der Waals surface area contributed by atoms with Crippen molar-refractivity contribution in [3.63, 3.8) is 0 Å². The van der Waals surface area contributed by atoms with Crippen LogP contribution in [0.2, 0.25) is 0 Å². The average molecular weight is 234 g/mol. The van der Waals surface area contributed by atoms with Crippen LogP contribution in [-0.4, -0.2) is 37.2 Å². The molecule has 1 saturated heterocycles. The van der Waals surface area contributed by atoms with E-state index in [-0.39, 0.29) is 12.2 Å². The zero-order valence-corrected chi connectivity index (χ0v) is 10.1. The Kier molecular flexibility index (Phi) is 3.98. The number of anilines is 1. The minimum atomic E-state index is -0.356. The fourth-order valence-electron chi connectivity index (χ4n) is 1.92. The highest BCUT2D eigenvalue weighted by molar-refractivity contribution is 5.84. The van der Waals surface area contributed by atoms with Gasteiger partial charge >= 0.3 is 6.09 Å². The summed E-state index contributed by atoms with van der Waals surface area (Å²) in [5, 5.41) is 2.73. The third-order valence-corrected chi connectivity index (χ3v) is 2.96. The summed E-state index contributed by atoms with van der Waals surface area (Å²) in [5.74, 6) is 0. The molecule has 0 bridgehead atoms. The SMILES string of the molecule is CN1CCC(OC(=O)Nc2ccccc2)CC1. The quantitative estimate of drug-likeness (QED) is 0.854. The number of ether oxygens (including phenoxy) is 1. The highest BCUT2D eigenvalue weighted by atomic mass is 16.6. The van der Waals surface area contributed by atoms with Gasteiger partial charge in [-0.3, -0.25) is 5.32 Å². The van der Waals surface area contributed by atoms with E-state index >= 15 is 0 Å². The van der Waals surface area contributed by atoms with Crippen molar-refractivity contribution in [2.24, 2.45) is 0 Å². The first-order valence-corrected chi connectivity index (χ1v) is 5.95. The lowest BCUT2D eigenvalue weighted by Gasteiger charge is -2.28. The summed E-state index contributed by atoms with van der Waals surface area (Å²) in [7, 11) is 2.08. The second-order valence-corrected chi connectivity index (χ2v) is 4.40. The maximum atomic E-state index is 11.6. The average Bonchev–Trinajstić information content (AvgIpc) is 2.33. The van der Waals surface area contributed by atoms with Crippen molar-refractivity contribution in [1.29, 1.82) is 0 Å². The summed E-state index contributed by atoms with van der Waals surface area (Å²) in [4.78, 5) is 13.9. The molecule has 0 saturated carbocycles. The topological polar surface area (TPSA) is 41.6 Å². The molecule has 1 aromatic rings. The van der Waals surface area contributed by atoms with Crippen molar-refractivity contribution >= 4 is 11.8 Å². The van der Waals surface area contributed by atoms with Gasteiger partial charge in [0.05, 0.1) is 0 Å². The van der Waals surface area contributed by atoms with E-state index in [1.807, 2.05) is 30.3 Å². The summed E-state index contributed by atoms with van der Waals surface area (Å²) >= 11 is 0. The number of nitrogens with zero attached hydrogens (tertiary/aromatic N) is 1. The molecule has 0 atom stereocenters. The van der Waals surface area contributed by atoms with E-state index in [0.29, 0.717) is 0 Å². The molecule has 92 valence electrons. The molecule has 1 fully saturated rings. The Labute approximate surface area is 102 Å². The van der Waals surface area contributed by atoms with Crippen LogP contribution >= 0.6 is 0 Å². The number of piperidine rings is 1. The van der Waals surface area contributed by atoms with E-state index in [0.717, 1.165) is 31.6 Å². The summed E-state index contributed by atoms with van der Waals surface area (Å²) in [6.45, 7) is 1.98. The summed E-state index contributed by atoms with van der Waals surface area (Å²) in [6.07, 6.45) is 1.53. The first-order chi connectivity index (χ1) is 8.24. The zero-order valence-electron chi connectivity index (χ0n) is 10.1. The number of rotatable bonds is 2. The molecule has 0 spiro atoms. The number of carbonyl (C=O) groups excluding carboxylic acids is 1. The van der Waals surface area contributed by atoms with Crippen molar-refractivity contribution in [2.45, 2.75) is 18.9 Å². The van der Waals surface area contributed by atoms with Gasteiger partial charge < -0.3 is 9.64 Å². The van der Waals surface area contributed by atoms with Gasteiger partial charge in [-0.1, -0.05) is 18.2 Å². The minimum absolute atomic E-state index is 0.0508. The van der Waals surface area contributed by atoms with Gasteiger partial charge in [-0.2, -0.15) is 0 Å². The molecule has 0 radical (unpaired) electrons. The second-order valence-electron chi connectivity index (χ2n) is 4.40. The van der Waals surface area contributed by atoms with Crippen LogP contribution in [0.5, 0.6) is 0 Å². The first kappa shape index (κ1) is 11.9. The molecule has 1 aliphatic heterocycles. The second kappa shape index (κ2) is 5.68. The van der Waals surface area contributed by atoms with Gasteiger partial charge in [0, 0.05) is 18.8 Å². The number of benzene rings is 1. The molecule has 1 N–H and O–H groups in total. The van der Waals surface area contributed by atoms with E-state index in [1.54, 1.807) is 0 Å². The molecular formula is C13H18N2O2. The number of para-hydroxylation sites is 1. The molecule has 4 nitrogen and oxygen atoms in total. The van der Waals surface area contributed by atoms with Gasteiger partial charge in [0.25, 0.3) is 0 Å². The van der Waals surface area contributed by atoms with E-state index in [1.165, 1.54) is 0 Å². The monoisotopic (exact) mass is 234 g/mol. The molecule has 17 heavy (non-hydrogen) atoms. The molecule has 0 aliphatic carbocycles. The fraction of sp³-hybridized carbons (Fsp3) is 0.462. The normalized spacial score (nSPS) is 17.7. The number of carbonyl (C=O) groups is 1. The Balaban J connectivity index is 1.78. The number of likely N-dealkylation sites (tertiary alicyclic amines) is 1. The van der Waals surface area contributed by atoms with Crippen LogP contribution in [0.1, 0.15) is 12.8 Å². The van der Waals surface area contributed by atoms with Crippen molar-refractivity contribution in [1.82, 2.24) is 4.90 Å². The van der Waals surface area contributed by atoms with Crippen LogP contribution in [0.25, 0.3) is 0 Å². The van der Waals surface area contributed by atoms with Crippen LogP contribution in [0, 0.1) is 0 Å². The Morgan fingerprint density at radius 2 is 1.94 bits per heavy atom. The highest BCUT2D eigenvalue weighted by Gasteiger charge is 2.20. The first-order valence-electron chi connectivity index (χ1n) is 5.95. The molecule has 0 aromatic heterocycles. The van der Waals surface area contributed by atoms with Crippen LogP contribution in [-0.2, 0) is 4.74 Å². The van der Waals surface area contributed by atoms with Crippen LogP contribution in [0.15, 0.2) is 30.3 Å². The van der Waals surface area contributed by atoms with Gasteiger partial charge in [-0.15, -0.1) is 0 Å². The lowest BCUT2D eigenvalue weighted by Crippen LogP contribution is -2.36. The van der Waals surface area contributed by atoms with Gasteiger partial charge in [0.2, 0.25) is 0 Å². The minimum Gasteiger partial charge on any atom is -0.446 e. The third kappa shape index (κ3) is 3.75. The highest BCUT2D eigenvalue weighted by Crippen LogP contribution is 2.13. The number of nitrogens with one attached hydrogen (secondary N) is 1. The van der Waals surface area contributed by atoms with E-state index in [4.69, 9.17) is 4.74 Å². The maximum absolute atomic E-state index is 11.6. The van der Waals surface area contributed by atoms with E-state index in [9.17, 15) is 4.79 Å². The molecule has 1 aliphatic rings. The Bertz CT molecular complexity index is 359. The van der Waals surface area contributed by atoms with Crippen molar-refractivity contribution in [3.05, 3.63) is 30.3 Å². The Morgan fingerprint density at radius 3 is 2.59 bits per heavy atom. The number of hydrogen-bond acceptors (Lipinski definition) is 3. The molecule has 1 aromatic carbocycles. The predicted molar refractivity (Wildman–Crippen MR) is 67.1 cm³/mol. The van der Waals surface area contributed by atoms with Gasteiger partial charge in [0.1, 0.15) is 6.10 Å². The fourth-order valence-corrected chi connectivity index (χ4v) is 1.92. The predicted octanol–water partition coefficient (Wildman–Crippen LogP) is 2.33. The molecule has 4 heteroatoms. The number of amides is 1. The lowest BCUT2D eigenvalue weighted by atomic mass is 10.1. The maximum Gasteiger partial charge on any atom is 0.411 e. The summed E-state index contributed by atoms with van der Waals surface area (Å²) in [5.41, 5.74) is 0.769. The van der Waals surface area contributed by atoms with Crippen molar-refractivity contribution < 1.29 is 9.53 Å². The molecule has 1 heterocycles. The van der Waals surface area contributed by atoms with E-state index in [2.05, 4.69) is 17.3 Å². The Hall–Kier alpha value is -1.55. The summed E-state index contributed by atoms with van der Waals surface area (Å²) < 4.78 is 5.37. The number of hydrogen-bond donors (Lipinski definition) is 1. The van der Waals surface area contributed by atoms with Gasteiger partial charge in [-0.05, 0) is 32.0 Å². The smallest absolute Gasteiger partial charge is 0.411 e. The standard InChI is InChI=1S/C13H18N2O2/c1-15-9-7-12(8-10-15)17-13(16)14-11-5-3-2-4-6-11/h2-6,12H,7-10H2,1H3,(H,14,16). The molecule has 2 rings (SSSR count). The van der Waals surface area contributed by atoms with Crippen molar-refractivity contribution in [3.8, 4) is 0 Å². The van der Waals surface area contributed by atoms with Crippen LogP contribution < -0.4 is 5.32 Å². The molecule has 1 amide bonds. The van der Waals surface area contributed by atoms with Crippen molar-refractivity contribution in [2.75, 3.05) is 25.5 Å². The lowest BCUT2D eigenvalue weighted by molar-refractivity contribution is 0.0662. The summed E-state index contributed by atoms with van der Waals surface area (Å²) in [6, 6.07) is 9.36. The third-order valence-electron chi connectivity index (χ3n) is 2.96. The largest absolute Gasteiger partial charge is 0.446 e. The van der Waals surface area contributed by atoms with Crippen LogP contribution in [0.4, 0.5) is 10.5 Å². The van der Waals surface area contributed by atoms with Gasteiger partial charge in [-0.25, -0.2) is 4.79 Å². The molecule has 0 unspecified atom stereocenters.